The number of morpholine rings is 1. The van der Waals surface area contributed by atoms with Crippen LogP contribution in [0, 0.1) is 15.5 Å². The first kappa shape index (κ1) is 50.1. The summed E-state index contributed by atoms with van der Waals surface area (Å²) in [6.07, 6.45) is 0.517. The van der Waals surface area contributed by atoms with Gasteiger partial charge in [0.25, 0.3) is 21.6 Å². The Morgan fingerprint density at radius 3 is 2.56 bits per heavy atom. The van der Waals surface area contributed by atoms with Crippen LogP contribution in [-0.2, 0) is 30.5 Å². The smallest absolute Gasteiger partial charge is 0.416 e. The lowest BCUT2D eigenvalue weighted by Crippen LogP contribution is -2.48. The molecule has 0 bridgehead atoms. The van der Waals surface area contributed by atoms with Gasteiger partial charge >= 0.3 is 6.18 Å². The van der Waals surface area contributed by atoms with E-state index in [1.165, 1.54) is 31.5 Å². The predicted octanol–water partition coefficient (Wildman–Crippen LogP) is 8.13. The number of rotatable bonds is 15. The van der Waals surface area contributed by atoms with Crippen LogP contribution in [0.25, 0.3) is 16.6 Å². The highest BCUT2D eigenvalue weighted by Crippen LogP contribution is 2.46. The van der Waals surface area contributed by atoms with Crippen LogP contribution < -0.4 is 19.7 Å². The number of allylic oxidation sites excluding steroid dienone is 1. The van der Waals surface area contributed by atoms with Crippen molar-refractivity contribution in [2.24, 2.45) is 5.41 Å². The maximum atomic E-state index is 14.0. The minimum absolute atomic E-state index is 0.00209. The Hall–Kier alpha value is -6.26. The average molecular weight is 1010 g/mol. The number of amides is 2. The summed E-state index contributed by atoms with van der Waals surface area (Å²) in [5.41, 5.74) is 2.46. The summed E-state index contributed by atoms with van der Waals surface area (Å²) in [5.74, 6) is -0.986. The van der Waals surface area contributed by atoms with Crippen LogP contribution in [0.4, 0.5) is 30.2 Å². The van der Waals surface area contributed by atoms with Gasteiger partial charge in [0.05, 0.1) is 39.9 Å². The summed E-state index contributed by atoms with van der Waals surface area (Å²) < 4.78 is 87.1. The third-order valence-corrected chi connectivity index (χ3v) is 14.4. The van der Waals surface area contributed by atoms with Crippen molar-refractivity contribution >= 4 is 67.1 Å². The normalized spacial score (nSPS) is 18.0. The number of carbonyl (C=O) groups is 2. The van der Waals surface area contributed by atoms with Gasteiger partial charge in [-0.1, -0.05) is 37.1 Å². The molecule has 4 heterocycles. The van der Waals surface area contributed by atoms with Gasteiger partial charge in [0, 0.05) is 93.9 Å². The van der Waals surface area contributed by atoms with Gasteiger partial charge in [0.15, 0.2) is 0 Å². The molecule has 0 spiro atoms. The molecular formula is C48H52ClF3N8O9S. The van der Waals surface area contributed by atoms with Crippen molar-refractivity contribution in [2.75, 3.05) is 82.9 Å². The molecule has 0 radical (unpaired) electrons. The summed E-state index contributed by atoms with van der Waals surface area (Å²) in [7, 11) is -3.28. The van der Waals surface area contributed by atoms with Gasteiger partial charge in [-0.25, -0.2) is 18.1 Å². The van der Waals surface area contributed by atoms with E-state index in [-0.39, 0.29) is 65.4 Å². The second kappa shape index (κ2) is 20.6. The van der Waals surface area contributed by atoms with Gasteiger partial charge in [0.2, 0.25) is 5.91 Å². The maximum absolute atomic E-state index is 14.0. The third kappa shape index (κ3) is 11.7. The molecule has 1 aliphatic carbocycles. The molecule has 8 rings (SSSR count). The molecule has 5 aromatic rings. The summed E-state index contributed by atoms with van der Waals surface area (Å²) in [6.45, 7) is 8.11. The van der Waals surface area contributed by atoms with Gasteiger partial charge in [-0.3, -0.25) is 24.6 Å². The molecule has 2 aliphatic heterocycles. The minimum Gasteiger partial charge on any atom is -0.455 e. The van der Waals surface area contributed by atoms with Crippen LogP contribution in [0.2, 0.25) is 5.02 Å². The van der Waals surface area contributed by atoms with E-state index in [2.05, 4.69) is 43.7 Å². The van der Waals surface area contributed by atoms with Crippen molar-refractivity contribution < 1.29 is 50.3 Å². The van der Waals surface area contributed by atoms with E-state index in [9.17, 15) is 41.3 Å². The number of nitro groups is 1. The lowest BCUT2D eigenvalue weighted by molar-refractivity contribution is -0.384. The van der Waals surface area contributed by atoms with Crippen molar-refractivity contribution in [3.05, 3.63) is 117 Å². The molecule has 22 heteroatoms. The highest BCUT2D eigenvalue weighted by atomic mass is 35.5. The Labute approximate surface area is 407 Å². The van der Waals surface area contributed by atoms with Crippen LogP contribution in [0.3, 0.4) is 0 Å². The fourth-order valence-electron chi connectivity index (χ4n) is 8.97. The number of nitrogens with one attached hydrogen (secondary N) is 3. The number of aromatic amines is 1. The van der Waals surface area contributed by atoms with Gasteiger partial charge in [-0.2, -0.15) is 13.2 Å². The Bertz CT molecular complexity index is 2940. The number of alkyl halides is 3. The second-order valence-electron chi connectivity index (χ2n) is 18.3. The number of nitro benzene ring substituents is 1. The molecule has 0 unspecified atom stereocenters. The number of H-pyrrole nitrogens is 1. The Morgan fingerprint density at radius 2 is 1.83 bits per heavy atom. The SMILES string of the molecule is COCC(=O)N1CCO[C@H](CNc2ccc(S(=O)(=O)NC(=O)c3ccc(N4CCN(CC5=C(c6ccc(C(F)(F)F)cc6Cl)CC(C)(C)CC5)CC4)cc3Oc3cnc4[nH]ccc4c3)cc2[N+](=O)[O-])C1. The van der Waals surface area contributed by atoms with E-state index < -0.39 is 49.3 Å². The first-order valence-corrected chi connectivity index (χ1v) is 24.4. The fraction of sp³-hybridized carbons (Fsp3) is 0.396. The second-order valence-corrected chi connectivity index (χ2v) is 20.4. The lowest BCUT2D eigenvalue weighted by Gasteiger charge is -2.39. The number of methoxy groups -OCH3 is 1. The summed E-state index contributed by atoms with van der Waals surface area (Å²) >= 11 is 6.54. The molecule has 2 saturated heterocycles. The van der Waals surface area contributed by atoms with Gasteiger partial charge in [-0.15, -0.1) is 0 Å². The molecule has 3 aromatic carbocycles. The summed E-state index contributed by atoms with van der Waals surface area (Å²) in [5, 5.41) is 15.9. The topological polar surface area (TPSA) is 202 Å². The average Bonchev–Trinajstić information content (AvgIpc) is 3.79. The third-order valence-electron chi connectivity index (χ3n) is 12.8. The van der Waals surface area contributed by atoms with Crippen LogP contribution in [0.5, 0.6) is 11.5 Å². The van der Waals surface area contributed by atoms with Crippen molar-refractivity contribution in [1.82, 2.24) is 24.5 Å². The number of anilines is 2. The standard InChI is InChI=1S/C48H52ClF3N8O9S/c1-47(2)12-10-31(39(24-47)37-7-4-32(21-40(37)49)48(50,51)52)27-57-14-16-58(17-15-57)33-5-8-38(43(22-33)69-34-20-30-11-13-53-45(30)55-25-34)46(62)56-70(65,66)36-6-9-41(42(23-36)60(63)64)54-26-35-28-59(18-19-68-35)44(61)29-67-3/h4-9,11,13,20-23,25,35,54H,10,12,14-19,24,26-29H2,1-3H3,(H,53,55)(H,56,62)/t35-/m1/s1. The number of carbonyl (C=O) groups excluding carboxylic acids is 2. The van der Waals surface area contributed by atoms with Gasteiger partial charge < -0.3 is 34.3 Å². The molecular weight excluding hydrogens is 957 g/mol. The van der Waals surface area contributed by atoms with Crippen molar-refractivity contribution in [3.8, 4) is 11.5 Å². The molecule has 2 fully saturated rings. The Morgan fingerprint density at radius 1 is 1.04 bits per heavy atom. The van der Waals surface area contributed by atoms with E-state index in [0.717, 1.165) is 53.6 Å². The number of pyridine rings is 1. The van der Waals surface area contributed by atoms with E-state index in [4.69, 9.17) is 25.8 Å². The first-order valence-electron chi connectivity index (χ1n) is 22.5. The minimum atomic E-state index is -4.69. The largest absolute Gasteiger partial charge is 0.455 e. The molecule has 3 aliphatic rings. The molecule has 70 heavy (non-hydrogen) atoms. The zero-order chi connectivity index (χ0) is 50.0. The van der Waals surface area contributed by atoms with Crippen molar-refractivity contribution in [3.63, 3.8) is 0 Å². The number of nitrogens with zero attached hydrogens (tertiary/aromatic N) is 5. The van der Waals surface area contributed by atoms with Crippen LogP contribution >= 0.6 is 11.6 Å². The monoisotopic (exact) mass is 1010 g/mol. The van der Waals surface area contributed by atoms with Gasteiger partial charge in [0.1, 0.15) is 29.4 Å². The molecule has 2 aromatic heterocycles. The van der Waals surface area contributed by atoms with Crippen LogP contribution in [0.1, 0.15) is 54.6 Å². The molecule has 3 N–H and O–H groups in total. The summed E-state index contributed by atoms with van der Waals surface area (Å²) in [4.78, 5) is 50.6. The van der Waals surface area contributed by atoms with Crippen molar-refractivity contribution in [2.45, 2.75) is 50.3 Å². The first-order chi connectivity index (χ1) is 33.3. The number of aromatic nitrogens is 2. The van der Waals surface area contributed by atoms with Crippen molar-refractivity contribution in [1.29, 1.82) is 0 Å². The van der Waals surface area contributed by atoms with E-state index >= 15 is 0 Å². The molecule has 372 valence electrons. The highest BCUT2D eigenvalue weighted by molar-refractivity contribution is 7.90. The number of ether oxygens (including phenoxy) is 3. The van der Waals surface area contributed by atoms with Gasteiger partial charge in [-0.05, 0) is 84.3 Å². The number of hydrogen-bond donors (Lipinski definition) is 3. The summed E-state index contributed by atoms with van der Waals surface area (Å²) in [6, 6.07) is 15.0. The van der Waals surface area contributed by atoms with E-state index in [1.54, 1.807) is 35.4 Å². The van der Waals surface area contributed by atoms with Crippen LogP contribution in [0.15, 0.2) is 89.6 Å². The van der Waals surface area contributed by atoms with E-state index in [1.807, 2.05) is 0 Å². The predicted molar refractivity (Wildman–Crippen MR) is 257 cm³/mol. The zero-order valence-corrected chi connectivity index (χ0v) is 40.2. The Kier molecular flexibility index (Phi) is 14.8. The Balaban J connectivity index is 0.988. The number of hydrogen-bond acceptors (Lipinski definition) is 13. The zero-order valence-electron chi connectivity index (χ0n) is 38.6. The van der Waals surface area contributed by atoms with Crippen LogP contribution in [-0.4, -0.2) is 124 Å². The number of fused-ring (bicyclic) bond motifs is 1. The van der Waals surface area contributed by atoms with E-state index in [0.29, 0.717) is 62.6 Å². The molecule has 1 atom stereocenters. The molecule has 2 amide bonds. The molecule has 17 nitrogen and oxygen atoms in total. The maximum Gasteiger partial charge on any atom is 0.416 e. The fourth-order valence-corrected chi connectivity index (χ4v) is 10.2. The quantitative estimate of drug-likeness (QED) is 0.0671. The number of benzene rings is 3. The number of sulfonamides is 1. The lowest BCUT2D eigenvalue weighted by atomic mass is 9.72. The number of halogens is 4. The molecule has 0 saturated carbocycles. The number of piperazine rings is 1. The highest BCUT2D eigenvalue weighted by Gasteiger charge is 2.34.